The van der Waals surface area contributed by atoms with Gasteiger partial charge in [-0.2, -0.15) is 0 Å². The van der Waals surface area contributed by atoms with Gasteiger partial charge in [-0.3, -0.25) is 0 Å². The van der Waals surface area contributed by atoms with Gasteiger partial charge in [-0.05, 0) is 42.9 Å². The molecule has 1 fully saturated rings. The van der Waals surface area contributed by atoms with Crippen molar-refractivity contribution in [2.75, 3.05) is 0 Å². The van der Waals surface area contributed by atoms with Crippen molar-refractivity contribution in [2.24, 2.45) is 0 Å². The summed E-state index contributed by atoms with van der Waals surface area (Å²) in [6.45, 7) is 1.70. The number of aryl methyl sites for hydroxylation is 1. The summed E-state index contributed by atoms with van der Waals surface area (Å²) in [6.07, 6.45) is 1.76. The Morgan fingerprint density at radius 3 is 2.25 bits per heavy atom. The lowest BCUT2D eigenvalue weighted by atomic mass is 9.93. The molecule has 0 amide bonds. The van der Waals surface area contributed by atoms with Crippen LogP contribution in [0.1, 0.15) is 50.6 Å². The predicted octanol–water partition coefficient (Wildman–Crippen LogP) is 2.27. The van der Waals surface area contributed by atoms with Crippen LogP contribution in [0.3, 0.4) is 0 Å². The molecule has 0 spiro atoms. The van der Waals surface area contributed by atoms with Gasteiger partial charge in [-0.25, -0.2) is 9.59 Å². The number of aromatic carboxylic acids is 2. The summed E-state index contributed by atoms with van der Waals surface area (Å²) in [4.78, 5) is 22.2. The molecule has 1 aliphatic rings. The van der Waals surface area contributed by atoms with Crippen molar-refractivity contribution in [2.45, 2.75) is 25.7 Å². The summed E-state index contributed by atoms with van der Waals surface area (Å²) in [5.41, 5.74) is 1.42. The maximum atomic E-state index is 11.2. The van der Waals surface area contributed by atoms with E-state index in [4.69, 9.17) is 10.2 Å². The fourth-order valence-corrected chi connectivity index (χ4v) is 1.99. The Morgan fingerprint density at radius 2 is 1.81 bits per heavy atom. The lowest BCUT2D eigenvalue weighted by Crippen LogP contribution is -2.11. The molecule has 1 aromatic carbocycles. The van der Waals surface area contributed by atoms with Gasteiger partial charge >= 0.3 is 11.9 Å². The third kappa shape index (κ3) is 1.66. The zero-order valence-electron chi connectivity index (χ0n) is 8.86. The zero-order chi connectivity index (χ0) is 11.9. The minimum absolute atomic E-state index is 0.108. The van der Waals surface area contributed by atoms with E-state index in [1.807, 2.05) is 0 Å². The molecule has 1 aliphatic carbocycles. The van der Waals surface area contributed by atoms with E-state index < -0.39 is 11.9 Å². The SMILES string of the molecule is Cc1ccc(C(=O)O)c(C2CC2)c1C(=O)O. The number of rotatable bonds is 3. The van der Waals surface area contributed by atoms with Crippen molar-refractivity contribution in [1.82, 2.24) is 0 Å². The van der Waals surface area contributed by atoms with Crippen LogP contribution < -0.4 is 0 Å². The van der Waals surface area contributed by atoms with Crippen LogP contribution >= 0.6 is 0 Å². The highest BCUT2D eigenvalue weighted by molar-refractivity contribution is 5.98. The van der Waals surface area contributed by atoms with E-state index in [9.17, 15) is 9.59 Å². The van der Waals surface area contributed by atoms with Gasteiger partial charge in [-0.1, -0.05) is 6.07 Å². The molecule has 0 saturated heterocycles. The Balaban J connectivity index is 2.69. The normalized spacial score (nSPS) is 14.8. The quantitative estimate of drug-likeness (QED) is 0.819. The van der Waals surface area contributed by atoms with Crippen molar-refractivity contribution < 1.29 is 19.8 Å². The molecule has 0 heterocycles. The molecule has 0 radical (unpaired) electrons. The molecule has 1 saturated carbocycles. The molecule has 4 heteroatoms. The smallest absolute Gasteiger partial charge is 0.336 e. The maximum Gasteiger partial charge on any atom is 0.336 e. The zero-order valence-corrected chi connectivity index (χ0v) is 8.86. The summed E-state index contributed by atoms with van der Waals surface area (Å²) >= 11 is 0. The molecular weight excluding hydrogens is 208 g/mol. The van der Waals surface area contributed by atoms with E-state index in [1.54, 1.807) is 13.0 Å². The Hall–Kier alpha value is -1.84. The van der Waals surface area contributed by atoms with Crippen LogP contribution in [0.25, 0.3) is 0 Å². The van der Waals surface area contributed by atoms with Crippen LogP contribution in [-0.4, -0.2) is 22.2 Å². The molecule has 0 bridgehead atoms. The third-order valence-electron chi connectivity index (χ3n) is 2.88. The van der Waals surface area contributed by atoms with Crippen molar-refractivity contribution in [3.63, 3.8) is 0 Å². The molecule has 84 valence electrons. The molecule has 1 aromatic rings. The number of hydrogen-bond donors (Lipinski definition) is 2. The van der Waals surface area contributed by atoms with Gasteiger partial charge < -0.3 is 10.2 Å². The van der Waals surface area contributed by atoms with Gasteiger partial charge in [0.05, 0.1) is 11.1 Å². The van der Waals surface area contributed by atoms with Crippen molar-refractivity contribution in [3.05, 3.63) is 34.4 Å². The Bertz CT molecular complexity index is 472. The van der Waals surface area contributed by atoms with Crippen LogP contribution in [0.2, 0.25) is 0 Å². The van der Waals surface area contributed by atoms with E-state index >= 15 is 0 Å². The Labute approximate surface area is 92.5 Å². The third-order valence-corrected chi connectivity index (χ3v) is 2.88. The summed E-state index contributed by atoms with van der Waals surface area (Å²) in [6, 6.07) is 3.05. The lowest BCUT2D eigenvalue weighted by Gasteiger charge is -2.11. The van der Waals surface area contributed by atoms with Gasteiger partial charge in [0.25, 0.3) is 0 Å². The summed E-state index contributed by atoms with van der Waals surface area (Å²) in [7, 11) is 0. The van der Waals surface area contributed by atoms with Crippen LogP contribution in [0.4, 0.5) is 0 Å². The molecule has 2 N–H and O–H groups in total. The molecule has 0 atom stereocenters. The van der Waals surface area contributed by atoms with Crippen LogP contribution in [0.15, 0.2) is 12.1 Å². The highest BCUT2D eigenvalue weighted by Crippen LogP contribution is 2.44. The second kappa shape index (κ2) is 3.63. The second-order valence-electron chi connectivity index (χ2n) is 4.10. The van der Waals surface area contributed by atoms with Gasteiger partial charge in [0.1, 0.15) is 0 Å². The largest absolute Gasteiger partial charge is 0.478 e. The monoisotopic (exact) mass is 220 g/mol. The minimum Gasteiger partial charge on any atom is -0.478 e. The molecule has 16 heavy (non-hydrogen) atoms. The molecule has 0 aromatic heterocycles. The van der Waals surface area contributed by atoms with Gasteiger partial charge in [0.2, 0.25) is 0 Å². The summed E-state index contributed by atoms with van der Waals surface area (Å²) < 4.78 is 0. The standard InChI is InChI=1S/C12H12O4/c1-6-2-5-8(11(13)14)10(7-3-4-7)9(6)12(15)16/h2,5,7H,3-4H2,1H3,(H,13,14)(H,15,16). The van der Waals surface area contributed by atoms with E-state index in [0.29, 0.717) is 11.1 Å². The first kappa shape index (κ1) is 10.7. The molecular formula is C12H12O4. The van der Waals surface area contributed by atoms with Crippen molar-refractivity contribution >= 4 is 11.9 Å². The highest BCUT2D eigenvalue weighted by Gasteiger charge is 2.33. The fraction of sp³-hybridized carbons (Fsp3) is 0.333. The van der Waals surface area contributed by atoms with E-state index in [2.05, 4.69) is 0 Å². The Morgan fingerprint density at radius 1 is 1.19 bits per heavy atom. The van der Waals surface area contributed by atoms with Crippen LogP contribution in [-0.2, 0) is 0 Å². The first-order valence-electron chi connectivity index (χ1n) is 5.12. The number of carbonyl (C=O) groups is 2. The molecule has 2 rings (SSSR count). The lowest BCUT2D eigenvalue weighted by molar-refractivity contribution is 0.0694. The summed E-state index contributed by atoms with van der Waals surface area (Å²) in [5, 5.41) is 18.2. The van der Waals surface area contributed by atoms with Gasteiger partial charge in [0, 0.05) is 0 Å². The topological polar surface area (TPSA) is 74.6 Å². The van der Waals surface area contributed by atoms with Crippen LogP contribution in [0, 0.1) is 6.92 Å². The van der Waals surface area contributed by atoms with E-state index in [-0.39, 0.29) is 17.0 Å². The van der Waals surface area contributed by atoms with E-state index in [0.717, 1.165) is 12.8 Å². The second-order valence-corrected chi connectivity index (χ2v) is 4.10. The Kier molecular flexibility index (Phi) is 2.42. The van der Waals surface area contributed by atoms with E-state index in [1.165, 1.54) is 6.07 Å². The van der Waals surface area contributed by atoms with Gasteiger partial charge in [0.15, 0.2) is 0 Å². The number of benzene rings is 1. The number of hydrogen-bond acceptors (Lipinski definition) is 2. The molecule has 0 aliphatic heterocycles. The molecule has 0 unspecified atom stereocenters. The van der Waals surface area contributed by atoms with Crippen molar-refractivity contribution in [3.8, 4) is 0 Å². The molecule has 4 nitrogen and oxygen atoms in total. The first-order chi connectivity index (χ1) is 7.52. The fourth-order valence-electron chi connectivity index (χ4n) is 1.99. The highest BCUT2D eigenvalue weighted by atomic mass is 16.4. The maximum absolute atomic E-state index is 11.2. The van der Waals surface area contributed by atoms with Gasteiger partial charge in [-0.15, -0.1) is 0 Å². The first-order valence-corrected chi connectivity index (χ1v) is 5.12. The minimum atomic E-state index is -1.05. The summed E-state index contributed by atoms with van der Waals surface area (Å²) in [5.74, 6) is -1.98. The van der Waals surface area contributed by atoms with Crippen LogP contribution in [0.5, 0.6) is 0 Å². The number of carboxylic acids is 2. The van der Waals surface area contributed by atoms with Crippen molar-refractivity contribution in [1.29, 1.82) is 0 Å². The average molecular weight is 220 g/mol. The predicted molar refractivity (Wildman–Crippen MR) is 57.1 cm³/mol. The average Bonchev–Trinajstić information content (AvgIpc) is 2.98. The number of carboxylic acid groups (broad SMARTS) is 2.